The Labute approximate surface area is 152 Å². The maximum atomic E-state index is 12.4. The van der Waals surface area contributed by atoms with Crippen LogP contribution in [0.5, 0.6) is 11.8 Å². The van der Waals surface area contributed by atoms with Crippen LogP contribution in [0.3, 0.4) is 0 Å². The van der Waals surface area contributed by atoms with Crippen molar-refractivity contribution in [3.8, 4) is 17.4 Å². The molecule has 0 N–H and O–H groups in total. The monoisotopic (exact) mass is 381 g/mol. The van der Waals surface area contributed by atoms with Crippen molar-refractivity contribution in [2.45, 2.75) is 26.6 Å². The first-order chi connectivity index (χ1) is 12.4. The van der Waals surface area contributed by atoms with Crippen LogP contribution in [-0.4, -0.2) is 31.6 Å². The number of ether oxygens (including phenoxy) is 2. The van der Waals surface area contributed by atoms with Crippen LogP contribution < -0.4 is 9.47 Å². The third-order valence-corrected chi connectivity index (χ3v) is 3.67. The fourth-order valence-corrected chi connectivity index (χ4v) is 2.23. The van der Waals surface area contributed by atoms with Crippen LogP contribution in [0, 0.1) is 6.92 Å². The normalized spacial score (nSPS) is 12.2. The molecule has 1 aromatic carbocycles. The summed E-state index contributed by atoms with van der Waals surface area (Å²) < 4.78 is 36.3. The smallest absolute Gasteiger partial charge is 0.387 e. The van der Waals surface area contributed by atoms with Gasteiger partial charge in [-0.05, 0) is 31.5 Å². The molecule has 0 aliphatic heterocycles. The minimum atomic E-state index is -2.98. The van der Waals surface area contributed by atoms with E-state index in [2.05, 4.69) is 25.0 Å². The molecule has 0 radical (unpaired) electrons. The van der Waals surface area contributed by atoms with Gasteiger partial charge in [0.2, 0.25) is 0 Å². The second-order valence-corrected chi connectivity index (χ2v) is 5.79. The molecule has 0 fully saturated rings. The molecule has 2 aromatic heterocycles. The van der Waals surface area contributed by atoms with Crippen molar-refractivity contribution in [2.24, 2.45) is 0 Å². The summed E-state index contributed by atoms with van der Waals surface area (Å²) in [5.41, 5.74) is 1.89. The van der Waals surface area contributed by atoms with E-state index < -0.39 is 12.7 Å². The molecule has 0 unspecified atom stereocenters. The number of halogens is 3. The lowest BCUT2D eigenvalue weighted by atomic mass is 10.3. The highest BCUT2D eigenvalue weighted by Crippen LogP contribution is 2.28. The Morgan fingerprint density at radius 1 is 1.15 bits per heavy atom. The zero-order chi connectivity index (χ0) is 18.7. The molecule has 0 spiro atoms. The third kappa shape index (κ3) is 4.23. The lowest BCUT2D eigenvalue weighted by molar-refractivity contribution is -0.0497. The molecule has 10 heteroatoms. The summed E-state index contributed by atoms with van der Waals surface area (Å²) in [6.45, 7) is 0.666. The molecular weight excluding hydrogens is 368 g/mol. The van der Waals surface area contributed by atoms with E-state index in [0.29, 0.717) is 11.4 Å². The van der Waals surface area contributed by atoms with E-state index in [1.165, 1.54) is 16.8 Å². The maximum Gasteiger partial charge on any atom is 0.387 e. The van der Waals surface area contributed by atoms with E-state index >= 15 is 0 Å². The maximum absolute atomic E-state index is 12.4. The van der Waals surface area contributed by atoms with Crippen molar-refractivity contribution in [1.82, 2.24) is 25.0 Å². The summed E-state index contributed by atoms with van der Waals surface area (Å²) in [4.78, 5) is 8.13. The van der Waals surface area contributed by atoms with Gasteiger partial charge in [-0.3, -0.25) is 0 Å². The summed E-state index contributed by atoms with van der Waals surface area (Å²) in [6, 6.07) is 4.61. The number of aryl methyl sites for hydroxylation is 1. The third-order valence-electron chi connectivity index (χ3n) is 3.36. The Bertz CT molecular complexity index is 889. The zero-order valence-corrected chi connectivity index (χ0v) is 14.6. The van der Waals surface area contributed by atoms with Crippen molar-refractivity contribution in [3.63, 3.8) is 0 Å². The lowest BCUT2D eigenvalue weighted by Gasteiger charge is -2.10. The molecule has 7 nitrogen and oxygen atoms in total. The van der Waals surface area contributed by atoms with Gasteiger partial charge in [0, 0.05) is 18.5 Å². The molecule has 3 rings (SSSR count). The Balaban J connectivity index is 1.77. The van der Waals surface area contributed by atoms with Crippen molar-refractivity contribution in [2.75, 3.05) is 0 Å². The van der Waals surface area contributed by atoms with Crippen LogP contribution in [0.25, 0.3) is 5.69 Å². The van der Waals surface area contributed by atoms with Crippen LogP contribution in [0.2, 0.25) is 5.02 Å². The predicted molar refractivity (Wildman–Crippen MR) is 88.8 cm³/mol. The number of rotatable bonds is 6. The van der Waals surface area contributed by atoms with Gasteiger partial charge in [-0.1, -0.05) is 16.8 Å². The number of hydrogen-bond acceptors (Lipinski definition) is 6. The van der Waals surface area contributed by atoms with E-state index in [-0.39, 0.29) is 16.8 Å². The topological polar surface area (TPSA) is 75.0 Å². The van der Waals surface area contributed by atoms with Gasteiger partial charge in [0.1, 0.15) is 17.5 Å². The SMILES string of the molecule is Cc1cnc(O[C@@H](C)c2cn(-c3ccc(Cl)c(OC(F)F)c3)nn2)nc1. The fraction of sp³-hybridized carbons (Fsp3) is 0.250. The van der Waals surface area contributed by atoms with Gasteiger partial charge in [0.05, 0.1) is 16.9 Å². The molecule has 0 aliphatic rings. The van der Waals surface area contributed by atoms with E-state index in [0.717, 1.165) is 5.56 Å². The fourth-order valence-electron chi connectivity index (χ4n) is 2.07. The van der Waals surface area contributed by atoms with Crippen molar-refractivity contribution in [1.29, 1.82) is 0 Å². The number of alkyl halides is 2. The molecule has 0 bridgehead atoms. The van der Waals surface area contributed by atoms with Gasteiger partial charge in [-0.15, -0.1) is 5.10 Å². The minimum absolute atomic E-state index is 0.0719. The van der Waals surface area contributed by atoms with Gasteiger partial charge < -0.3 is 9.47 Å². The summed E-state index contributed by atoms with van der Waals surface area (Å²) in [6.07, 6.45) is 4.43. The summed E-state index contributed by atoms with van der Waals surface area (Å²) in [7, 11) is 0. The molecule has 0 aliphatic carbocycles. The second-order valence-electron chi connectivity index (χ2n) is 5.38. The summed E-state index contributed by atoms with van der Waals surface area (Å²) in [5, 5.41) is 8.07. The molecule has 0 amide bonds. The molecule has 3 aromatic rings. The van der Waals surface area contributed by atoms with E-state index in [4.69, 9.17) is 16.3 Å². The summed E-state index contributed by atoms with van der Waals surface area (Å²) >= 11 is 5.85. The first kappa shape index (κ1) is 18.0. The van der Waals surface area contributed by atoms with E-state index in [9.17, 15) is 8.78 Å². The largest absolute Gasteiger partial charge is 0.454 e. The lowest BCUT2D eigenvalue weighted by Crippen LogP contribution is -2.06. The van der Waals surface area contributed by atoms with Crippen molar-refractivity contribution < 1.29 is 18.3 Å². The zero-order valence-electron chi connectivity index (χ0n) is 13.8. The van der Waals surface area contributed by atoms with Crippen molar-refractivity contribution in [3.05, 3.63) is 53.1 Å². The highest BCUT2D eigenvalue weighted by atomic mass is 35.5. The molecule has 26 heavy (non-hydrogen) atoms. The molecular formula is C16H14ClF2N5O2. The van der Waals surface area contributed by atoms with Crippen molar-refractivity contribution >= 4 is 11.6 Å². The number of benzene rings is 1. The van der Waals surface area contributed by atoms with Crippen LogP contribution in [0.1, 0.15) is 24.3 Å². The molecule has 1 atom stereocenters. The average Bonchev–Trinajstić information content (AvgIpc) is 3.09. The number of hydrogen-bond donors (Lipinski definition) is 0. The van der Waals surface area contributed by atoms with Gasteiger partial charge in [0.15, 0.2) is 0 Å². The first-order valence-electron chi connectivity index (χ1n) is 7.54. The highest BCUT2D eigenvalue weighted by Gasteiger charge is 2.15. The Kier molecular flexibility index (Phi) is 5.27. The number of aromatic nitrogens is 5. The Morgan fingerprint density at radius 2 is 1.88 bits per heavy atom. The van der Waals surface area contributed by atoms with Gasteiger partial charge in [0.25, 0.3) is 0 Å². The van der Waals surface area contributed by atoms with E-state index in [1.54, 1.807) is 31.6 Å². The van der Waals surface area contributed by atoms with Crippen LogP contribution in [0.15, 0.2) is 36.8 Å². The molecule has 0 saturated carbocycles. The standard InChI is InChI=1S/C16H14ClF2N5O2/c1-9-6-20-16(21-7-9)25-10(2)13-8-24(23-22-13)11-3-4-12(17)14(5-11)26-15(18)19/h3-8,10,15H,1-2H3/t10-/m0/s1. The van der Waals surface area contributed by atoms with Crippen LogP contribution in [0.4, 0.5) is 8.78 Å². The first-order valence-corrected chi connectivity index (χ1v) is 7.92. The average molecular weight is 382 g/mol. The number of nitrogens with zero attached hydrogens (tertiary/aromatic N) is 5. The summed E-state index contributed by atoms with van der Waals surface area (Å²) in [5.74, 6) is -0.145. The van der Waals surface area contributed by atoms with Crippen LogP contribution in [-0.2, 0) is 0 Å². The highest BCUT2D eigenvalue weighted by molar-refractivity contribution is 6.32. The molecule has 2 heterocycles. The van der Waals surface area contributed by atoms with Gasteiger partial charge >= 0.3 is 12.6 Å². The molecule has 136 valence electrons. The van der Waals surface area contributed by atoms with Crippen LogP contribution >= 0.6 is 11.6 Å². The Morgan fingerprint density at radius 3 is 2.58 bits per heavy atom. The molecule has 0 saturated heterocycles. The predicted octanol–water partition coefficient (Wildman–Crippen LogP) is 3.76. The van der Waals surface area contributed by atoms with Gasteiger partial charge in [-0.25, -0.2) is 14.6 Å². The van der Waals surface area contributed by atoms with Gasteiger partial charge in [-0.2, -0.15) is 8.78 Å². The Hall–Kier alpha value is -2.81. The quantitative estimate of drug-likeness (QED) is 0.647. The van der Waals surface area contributed by atoms with E-state index in [1.807, 2.05) is 6.92 Å². The minimum Gasteiger partial charge on any atom is -0.454 e. The second kappa shape index (κ2) is 7.61.